The second-order valence-corrected chi connectivity index (χ2v) is 4.04. The van der Waals surface area contributed by atoms with E-state index in [0.717, 1.165) is 35.5 Å². The van der Waals surface area contributed by atoms with Crippen LogP contribution < -0.4 is 9.47 Å². The van der Waals surface area contributed by atoms with E-state index >= 15 is 0 Å². The number of benzene rings is 1. The number of hydrogen-bond acceptors (Lipinski definition) is 3. The Balaban J connectivity index is 2.43. The highest BCUT2D eigenvalue weighted by molar-refractivity contribution is 6.06. The van der Waals surface area contributed by atoms with Crippen molar-refractivity contribution in [2.45, 2.75) is 6.42 Å². The van der Waals surface area contributed by atoms with Gasteiger partial charge in [0.05, 0.1) is 19.7 Å². The molecule has 1 N–H and O–H groups in total. The lowest BCUT2D eigenvalue weighted by molar-refractivity contribution is 0.397. The van der Waals surface area contributed by atoms with Crippen LogP contribution in [0.3, 0.4) is 0 Å². The van der Waals surface area contributed by atoms with Crippen LogP contribution in [0.4, 0.5) is 0 Å². The second-order valence-electron chi connectivity index (χ2n) is 4.04. The van der Waals surface area contributed by atoms with Gasteiger partial charge in [-0.2, -0.15) is 0 Å². The van der Waals surface area contributed by atoms with E-state index in [9.17, 15) is 0 Å². The molecule has 0 unspecified atom stereocenters. The average molecular weight is 230 g/mol. The fraction of sp³-hybridized carbons (Fsp3) is 0.308. The Morgan fingerprint density at radius 3 is 2.82 bits per heavy atom. The number of H-pyrrole nitrogens is 1. The van der Waals surface area contributed by atoms with E-state index in [1.165, 1.54) is 10.9 Å². The van der Waals surface area contributed by atoms with Gasteiger partial charge in [-0.15, -0.1) is 0 Å². The Bertz CT molecular complexity index is 599. The number of nitrogens with zero attached hydrogens (tertiary/aromatic N) is 1. The topological polar surface area (TPSA) is 46.6 Å². The molecule has 17 heavy (non-hydrogen) atoms. The fourth-order valence-electron chi connectivity index (χ4n) is 2.35. The van der Waals surface area contributed by atoms with Crippen molar-refractivity contribution < 1.29 is 9.47 Å². The van der Waals surface area contributed by atoms with E-state index in [0.29, 0.717) is 0 Å². The van der Waals surface area contributed by atoms with Crippen molar-refractivity contribution in [3.63, 3.8) is 0 Å². The minimum atomic E-state index is 0.806. The van der Waals surface area contributed by atoms with Crippen molar-refractivity contribution in [3.8, 4) is 11.5 Å². The summed E-state index contributed by atoms with van der Waals surface area (Å²) in [6.07, 6.45) is 4.87. The van der Waals surface area contributed by atoms with Gasteiger partial charge in [-0.05, 0) is 12.0 Å². The summed E-state index contributed by atoms with van der Waals surface area (Å²) in [7, 11) is 3.34. The molecular formula is C13H14N2O2. The van der Waals surface area contributed by atoms with E-state index in [-0.39, 0.29) is 0 Å². The van der Waals surface area contributed by atoms with Gasteiger partial charge in [-0.1, -0.05) is 0 Å². The van der Waals surface area contributed by atoms with E-state index < -0.39 is 0 Å². The molecule has 1 aliphatic heterocycles. The predicted molar refractivity (Wildman–Crippen MR) is 67.6 cm³/mol. The highest BCUT2D eigenvalue weighted by atomic mass is 16.5. The van der Waals surface area contributed by atoms with Gasteiger partial charge < -0.3 is 14.5 Å². The van der Waals surface area contributed by atoms with Gasteiger partial charge in [-0.25, -0.2) is 0 Å². The molecule has 0 fully saturated rings. The molecule has 1 aliphatic rings. The summed E-state index contributed by atoms with van der Waals surface area (Å²) in [6.45, 7) is 0.813. The molecule has 0 saturated heterocycles. The Labute approximate surface area is 99.3 Å². The van der Waals surface area contributed by atoms with Crippen LogP contribution in [0.15, 0.2) is 17.3 Å². The molecule has 0 aliphatic carbocycles. The van der Waals surface area contributed by atoms with Crippen molar-refractivity contribution in [1.82, 2.24) is 4.98 Å². The maximum atomic E-state index is 5.42. The fourth-order valence-corrected chi connectivity index (χ4v) is 2.35. The van der Waals surface area contributed by atoms with Gasteiger partial charge in [-0.3, -0.25) is 4.99 Å². The van der Waals surface area contributed by atoms with Gasteiger partial charge in [0, 0.05) is 36.0 Å². The van der Waals surface area contributed by atoms with Crippen molar-refractivity contribution in [2.75, 3.05) is 20.8 Å². The van der Waals surface area contributed by atoms with Crippen LogP contribution in [-0.4, -0.2) is 32.0 Å². The summed E-state index contributed by atoms with van der Waals surface area (Å²) in [5.74, 6) is 1.61. The monoisotopic (exact) mass is 230 g/mol. The number of aromatic nitrogens is 1. The Morgan fingerprint density at radius 1 is 1.24 bits per heavy atom. The molecule has 0 atom stereocenters. The molecule has 88 valence electrons. The highest BCUT2D eigenvalue weighted by Crippen LogP contribution is 2.37. The van der Waals surface area contributed by atoms with Gasteiger partial charge in [0.25, 0.3) is 0 Å². The molecule has 3 rings (SSSR count). The first-order chi connectivity index (χ1) is 8.35. The van der Waals surface area contributed by atoms with E-state index in [1.54, 1.807) is 14.2 Å². The lowest BCUT2D eigenvalue weighted by Gasteiger charge is -2.10. The largest absolute Gasteiger partial charge is 0.496 e. The standard InChI is InChI=1S/C13H14N2O2/c1-16-10-5-11(17-2)13-12-8(6-15-13)3-4-14-7-9(10)12/h5-7,15H,3-4H2,1-2H3. The van der Waals surface area contributed by atoms with Crippen molar-refractivity contribution in [1.29, 1.82) is 0 Å². The second kappa shape index (κ2) is 3.80. The van der Waals surface area contributed by atoms with Crippen LogP contribution in [0.5, 0.6) is 11.5 Å². The van der Waals surface area contributed by atoms with Crippen LogP contribution in [-0.2, 0) is 6.42 Å². The summed E-state index contributed by atoms with van der Waals surface area (Å²) >= 11 is 0. The molecule has 1 aromatic heterocycles. The predicted octanol–water partition coefficient (Wildman–Crippen LogP) is 2.16. The molecule has 2 aromatic rings. The Morgan fingerprint density at radius 2 is 2.06 bits per heavy atom. The summed E-state index contributed by atoms with van der Waals surface area (Å²) in [4.78, 5) is 7.66. The van der Waals surface area contributed by atoms with Gasteiger partial charge >= 0.3 is 0 Å². The molecule has 0 bridgehead atoms. The van der Waals surface area contributed by atoms with Gasteiger partial charge in [0.15, 0.2) is 0 Å². The van der Waals surface area contributed by atoms with E-state index in [1.807, 2.05) is 18.5 Å². The van der Waals surface area contributed by atoms with Crippen molar-refractivity contribution in [2.24, 2.45) is 4.99 Å². The van der Waals surface area contributed by atoms with Crippen LogP contribution in [0.25, 0.3) is 10.9 Å². The zero-order valence-electron chi connectivity index (χ0n) is 9.91. The molecule has 0 radical (unpaired) electrons. The van der Waals surface area contributed by atoms with Crippen LogP contribution in [0.2, 0.25) is 0 Å². The number of ether oxygens (including phenoxy) is 2. The average Bonchev–Trinajstić information content (AvgIpc) is 2.66. The Hall–Kier alpha value is -1.97. The maximum absolute atomic E-state index is 5.42. The number of methoxy groups -OCH3 is 2. The number of nitrogens with one attached hydrogen (secondary N) is 1. The molecule has 2 heterocycles. The first-order valence-electron chi connectivity index (χ1n) is 5.60. The molecule has 1 aromatic carbocycles. The molecule has 4 nitrogen and oxygen atoms in total. The maximum Gasteiger partial charge on any atom is 0.146 e. The normalized spacial score (nSPS) is 13.8. The van der Waals surface area contributed by atoms with Crippen LogP contribution in [0, 0.1) is 0 Å². The molecule has 0 spiro atoms. The third kappa shape index (κ3) is 1.40. The number of hydrogen-bond donors (Lipinski definition) is 1. The smallest absolute Gasteiger partial charge is 0.146 e. The number of aromatic amines is 1. The molecular weight excluding hydrogens is 216 g/mol. The van der Waals surface area contributed by atoms with Gasteiger partial charge in [0.1, 0.15) is 11.5 Å². The first kappa shape index (κ1) is 10.2. The minimum Gasteiger partial charge on any atom is -0.496 e. The number of aliphatic imine (C=N–C) groups is 1. The summed E-state index contributed by atoms with van der Waals surface area (Å²) in [6, 6.07) is 1.90. The first-order valence-corrected chi connectivity index (χ1v) is 5.60. The molecule has 4 heteroatoms. The van der Waals surface area contributed by atoms with E-state index in [2.05, 4.69) is 9.98 Å². The summed E-state index contributed by atoms with van der Waals surface area (Å²) in [5, 5.41) is 1.17. The number of rotatable bonds is 2. The third-order valence-electron chi connectivity index (χ3n) is 3.18. The van der Waals surface area contributed by atoms with E-state index in [4.69, 9.17) is 9.47 Å². The van der Waals surface area contributed by atoms with Gasteiger partial charge in [0.2, 0.25) is 0 Å². The molecule has 0 amide bonds. The quantitative estimate of drug-likeness (QED) is 0.859. The summed E-state index contributed by atoms with van der Waals surface area (Å²) < 4.78 is 10.8. The van der Waals surface area contributed by atoms with Crippen molar-refractivity contribution >= 4 is 17.1 Å². The SMILES string of the molecule is COc1cc(OC)c2[nH]cc3c2c1C=NCC3. The zero-order valence-corrected chi connectivity index (χ0v) is 9.91. The third-order valence-corrected chi connectivity index (χ3v) is 3.18. The van der Waals surface area contributed by atoms with Crippen LogP contribution >= 0.6 is 0 Å². The summed E-state index contributed by atoms with van der Waals surface area (Å²) in [5.41, 5.74) is 3.33. The highest BCUT2D eigenvalue weighted by Gasteiger charge is 2.18. The zero-order chi connectivity index (χ0) is 11.8. The lowest BCUT2D eigenvalue weighted by atomic mass is 10.0. The van der Waals surface area contributed by atoms with Crippen molar-refractivity contribution in [3.05, 3.63) is 23.4 Å². The minimum absolute atomic E-state index is 0.806. The van der Waals surface area contributed by atoms with Crippen LogP contribution in [0.1, 0.15) is 11.1 Å². The Kier molecular flexibility index (Phi) is 2.28. The lowest BCUT2D eigenvalue weighted by Crippen LogP contribution is -1.94. The molecule has 0 saturated carbocycles.